The summed E-state index contributed by atoms with van der Waals surface area (Å²) in [5, 5.41) is 2.19. The van der Waals surface area contributed by atoms with E-state index < -0.39 is 58.0 Å². The first kappa shape index (κ1) is 25.8. The van der Waals surface area contributed by atoms with Crippen molar-refractivity contribution in [2.75, 3.05) is 5.73 Å². The van der Waals surface area contributed by atoms with Crippen molar-refractivity contribution in [3.63, 3.8) is 0 Å². The standard InChI is InChI=1S/C15H7ClF9N5S.CH4/c1-4-2-5(31-15(23,24)25)3-6(16)8(4)30-10(26)7-9(13(17,18)19)27-12(14(20,21)22)28-11(7)29-30;/h2-3H,26H2,1H3;1H4. The molecule has 0 aliphatic heterocycles. The summed E-state index contributed by atoms with van der Waals surface area (Å²) in [7, 11) is 0. The molecular weight excluding hydrogens is 501 g/mol. The molecule has 0 unspecified atom stereocenters. The first-order valence-electron chi connectivity index (χ1n) is 7.76. The summed E-state index contributed by atoms with van der Waals surface area (Å²) in [5.41, 5.74) is -2.14. The topological polar surface area (TPSA) is 69.6 Å². The third-order valence-electron chi connectivity index (χ3n) is 3.76. The molecule has 2 aromatic heterocycles. The molecule has 32 heavy (non-hydrogen) atoms. The normalized spacial score (nSPS) is 12.8. The summed E-state index contributed by atoms with van der Waals surface area (Å²) in [6.45, 7) is 1.27. The van der Waals surface area contributed by atoms with Crippen LogP contribution in [-0.4, -0.2) is 25.3 Å². The molecule has 0 atom stereocenters. The van der Waals surface area contributed by atoms with Gasteiger partial charge in [-0.15, -0.1) is 5.10 Å². The second kappa shape index (κ2) is 8.17. The molecule has 0 fully saturated rings. The summed E-state index contributed by atoms with van der Waals surface area (Å²) < 4.78 is 117. The molecule has 16 heteroatoms. The van der Waals surface area contributed by atoms with Crippen molar-refractivity contribution in [1.29, 1.82) is 0 Å². The summed E-state index contributed by atoms with van der Waals surface area (Å²) >= 11 is 5.51. The lowest BCUT2D eigenvalue weighted by molar-refractivity contribution is -0.151. The molecule has 0 aliphatic rings. The molecule has 0 saturated carbocycles. The molecular formula is C16H11ClF9N5S. The minimum absolute atomic E-state index is 0. The molecule has 0 saturated heterocycles. The molecule has 3 rings (SSSR count). The Morgan fingerprint density at radius 3 is 2.03 bits per heavy atom. The fourth-order valence-electron chi connectivity index (χ4n) is 2.68. The zero-order valence-electron chi connectivity index (χ0n) is 14.7. The van der Waals surface area contributed by atoms with Gasteiger partial charge in [0.15, 0.2) is 11.3 Å². The minimum atomic E-state index is -5.34. The van der Waals surface area contributed by atoms with E-state index in [1.807, 2.05) is 0 Å². The van der Waals surface area contributed by atoms with Crippen LogP contribution in [0, 0.1) is 6.92 Å². The highest BCUT2D eigenvalue weighted by atomic mass is 35.5. The largest absolute Gasteiger partial charge is 0.451 e. The van der Waals surface area contributed by atoms with Crippen LogP contribution in [0.1, 0.15) is 24.5 Å². The van der Waals surface area contributed by atoms with Gasteiger partial charge in [-0.2, -0.15) is 39.5 Å². The van der Waals surface area contributed by atoms with E-state index in [4.69, 9.17) is 17.3 Å². The summed E-state index contributed by atoms with van der Waals surface area (Å²) in [5.74, 6) is -2.88. The van der Waals surface area contributed by atoms with Crippen molar-refractivity contribution < 1.29 is 39.5 Å². The lowest BCUT2D eigenvalue weighted by Crippen LogP contribution is -2.17. The number of nitrogens with zero attached hydrogens (tertiary/aromatic N) is 4. The van der Waals surface area contributed by atoms with E-state index in [9.17, 15) is 39.5 Å². The van der Waals surface area contributed by atoms with Gasteiger partial charge < -0.3 is 5.73 Å². The van der Waals surface area contributed by atoms with Crippen molar-refractivity contribution in [2.45, 2.75) is 37.1 Å². The van der Waals surface area contributed by atoms with Crippen molar-refractivity contribution in [2.24, 2.45) is 0 Å². The minimum Gasteiger partial charge on any atom is -0.383 e. The Bertz CT molecular complexity index is 1140. The van der Waals surface area contributed by atoms with Crippen LogP contribution in [0.2, 0.25) is 5.02 Å². The Morgan fingerprint density at radius 1 is 0.969 bits per heavy atom. The van der Waals surface area contributed by atoms with E-state index in [0.29, 0.717) is 4.68 Å². The van der Waals surface area contributed by atoms with Crippen LogP contribution in [0.25, 0.3) is 16.7 Å². The van der Waals surface area contributed by atoms with Crippen molar-refractivity contribution in [1.82, 2.24) is 19.7 Å². The number of halogens is 10. The van der Waals surface area contributed by atoms with E-state index in [-0.39, 0.29) is 28.6 Å². The molecule has 176 valence electrons. The number of alkyl halides is 9. The molecule has 2 N–H and O–H groups in total. The molecule has 0 aliphatic carbocycles. The lowest BCUT2D eigenvalue weighted by Gasteiger charge is -2.13. The SMILES string of the molecule is C.Cc1cc(SC(F)(F)F)cc(Cl)c1-n1nc2nc(C(F)(F)F)nc(C(F)(F)F)c2c1N. The monoisotopic (exact) mass is 511 g/mol. The second-order valence-corrected chi connectivity index (χ2v) is 7.55. The van der Waals surface area contributed by atoms with Gasteiger partial charge in [0.1, 0.15) is 5.82 Å². The highest BCUT2D eigenvalue weighted by Crippen LogP contribution is 2.42. The van der Waals surface area contributed by atoms with E-state index in [1.54, 1.807) is 0 Å². The average molecular weight is 512 g/mol. The van der Waals surface area contributed by atoms with Crippen LogP contribution < -0.4 is 5.73 Å². The van der Waals surface area contributed by atoms with Gasteiger partial charge in [-0.1, -0.05) is 19.0 Å². The molecule has 0 amide bonds. The highest BCUT2D eigenvalue weighted by Gasteiger charge is 2.43. The van der Waals surface area contributed by atoms with Gasteiger partial charge in [0, 0.05) is 4.90 Å². The van der Waals surface area contributed by atoms with Crippen molar-refractivity contribution in [3.05, 3.63) is 34.2 Å². The van der Waals surface area contributed by atoms with Gasteiger partial charge in [-0.25, -0.2) is 14.6 Å². The molecule has 3 aromatic rings. The Hall–Kier alpha value is -2.42. The number of anilines is 1. The molecule has 0 bridgehead atoms. The van der Waals surface area contributed by atoms with Crippen molar-refractivity contribution >= 4 is 40.2 Å². The highest BCUT2D eigenvalue weighted by molar-refractivity contribution is 8.00. The molecule has 0 radical (unpaired) electrons. The quantitative estimate of drug-likeness (QED) is 0.308. The van der Waals surface area contributed by atoms with Gasteiger partial charge in [-0.3, -0.25) is 0 Å². The molecule has 5 nitrogen and oxygen atoms in total. The summed E-state index contributed by atoms with van der Waals surface area (Å²) in [6.07, 6.45) is -10.6. The lowest BCUT2D eigenvalue weighted by atomic mass is 10.2. The number of fused-ring (bicyclic) bond motifs is 1. The Balaban J connectivity index is 0.00000363. The third-order valence-corrected chi connectivity index (χ3v) is 4.75. The number of rotatable bonds is 2. The van der Waals surface area contributed by atoms with Crippen LogP contribution in [0.15, 0.2) is 17.0 Å². The van der Waals surface area contributed by atoms with Crippen LogP contribution >= 0.6 is 23.4 Å². The van der Waals surface area contributed by atoms with E-state index in [1.165, 1.54) is 6.92 Å². The summed E-state index contributed by atoms with van der Waals surface area (Å²) in [4.78, 5) is 5.23. The smallest absolute Gasteiger partial charge is 0.383 e. The second-order valence-electron chi connectivity index (χ2n) is 6.01. The van der Waals surface area contributed by atoms with Gasteiger partial charge in [-0.05, 0) is 36.4 Å². The summed E-state index contributed by atoms with van der Waals surface area (Å²) in [6, 6.07) is 1.88. The van der Waals surface area contributed by atoms with E-state index in [2.05, 4.69) is 15.1 Å². The van der Waals surface area contributed by atoms with Gasteiger partial charge >= 0.3 is 17.9 Å². The zero-order chi connectivity index (χ0) is 23.5. The number of hydrogen-bond acceptors (Lipinski definition) is 5. The fourth-order valence-corrected chi connectivity index (χ4v) is 3.77. The molecule has 1 aromatic carbocycles. The fraction of sp³-hybridized carbons (Fsp3) is 0.312. The Kier molecular flexibility index (Phi) is 6.60. The first-order valence-corrected chi connectivity index (χ1v) is 8.95. The van der Waals surface area contributed by atoms with Gasteiger partial charge in [0.2, 0.25) is 5.82 Å². The van der Waals surface area contributed by atoms with Gasteiger partial charge in [0.05, 0.1) is 16.1 Å². The van der Waals surface area contributed by atoms with Crippen LogP contribution in [0.4, 0.5) is 45.3 Å². The van der Waals surface area contributed by atoms with Crippen LogP contribution in [0.3, 0.4) is 0 Å². The molecule has 2 heterocycles. The van der Waals surface area contributed by atoms with Crippen LogP contribution in [-0.2, 0) is 12.4 Å². The van der Waals surface area contributed by atoms with Gasteiger partial charge in [0.25, 0.3) is 0 Å². The number of nitrogen functional groups attached to an aromatic ring is 1. The third kappa shape index (κ3) is 4.98. The average Bonchev–Trinajstić information content (AvgIpc) is 2.87. The number of hydrogen-bond donors (Lipinski definition) is 1. The van der Waals surface area contributed by atoms with E-state index >= 15 is 0 Å². The van der Waals surface area contributed by atoms with Crippen LogP contribution in [0.5, 0.6) is 0 Å². The maximum Gasteiger partial charge on any atom is 0.451 e. The number of aryl methyl sites for hydroxylation is 1. The number of thioether (sulfide) groups is 1. The molecule has 0 spiro atoms. The predicted octanol–water partition coefficient (Wildman–Crippen LogP) is 6.65. The zero-order valence-corrected chi connectivity index (χ0v) is 16.3. The Morgan fingerprint density at radius 2 is 1.56 bits per heavy atom. The predicted molar refractivity (Wildman–Crippen MR) is 99.5 cm³/mol. The van der Waals surface area contributed by atoms with E-state index in [0.717, 1.165) is 12.1 Å². The van der Waals surface area contributed by atoms with Crippen molar-refractivity contribution in [3.8, 4) is 5.69 Å². The first-order chi connectivity index (χ1) is 14.0. The maximum atomic E-state index is 13.4. The number of aromatic nitrogens is 4. The maximum absolute atomic E-state index is 13.4. The number of nitrogens with two attached hydrogens (primary N) is 1. The number of benzene rings is 1. The Labute approximate surface area is 182 Å².